The molecule has 0 radical (unpaired) electrons. The molecule has 2 aromatic carbocycles. The topological polar surface area (TPSA) is 92.7 Å². The second-order valence-corrected chi connectivity index (χ2v) is 7.25. The number of rotatable bonds is 5. The largest absolute Gasteiger partial charge is 0.360 e. The van der Waals surface area contributed by atoms with Crippen molar-refractivity contribution in [2.24, 2.45) is 0 Å². The Hall–Kier alpha value is -4.26. The summed E-state index contributed by atoms with van der Waals surface area (Å²) in [5, 5.41) is 9.67. The number of fused-ring (bicyclic) bond motifs is 2. The van der Waals surface area contributed by atoms with Gasteiger partial charge in [-0.15, -0.1) is 0 Å². The van der Waals surface area contributed by atoms with E-state index in [-0.39, 0.29) is 18.0 Å². The number of hydrogen-bond donors (Lipinski definition) is 2. The molecule has 3 heterocycles. The van der Waals surface area contributed by atoms with Crippen LogP contribution in [0.1, 0.15) is 21.6 Å². The van der Waals surface area contributed by atoms with Gasteiger partial charge in [0, 0.05) is 34.9 Å². The molecule has 7 heteroatoms. The van der Waals surface area contributed by atoms with Gasteiger partial charge in [0.1, 0.15) is 0 Å². The number of para-hydroxylation sites is 1. The Morgan fingerprint density at radius 3 is 2.55 bits per heavy atom. The van der Waals surface area contributed by atoms with Crippen LogP contribution in [0.25, 0.3) is 21.7 Å². The lowest BCUT2D eigenvalue weighted by molar-refractivity contribution is 0.0952. The molecule has 7 nitrogen and oxygen atoms in total. The minimum Gasteiger partial charge on any atom is -0.360 e. The molecule has 0 bridgehead atoms. The molecule has 5 rings (SSSR count). The van der Waals surface area contributed by atoms with Crippen LogP contribution in [0.2, 0.25) is 0 Å². The maximum Gasteiger partial charge on any atom is 0.274 e. The smallest absolute Gasteiger partial charge is 0.274 e. The second-order valence-electron chi connectivity index (χ2n) is 7.25. The van der Waals surface area contributed by atoms with Crippen LogP contribution in [0, 0.1) is 0 Å². The molecule has 0 atom stereocenters. The van der Waals surface area contributed by atoms with Crippen molar-refractivity contribution in [1.82, 2.24) is 25.1 Å². The number of nitrogens with zero attached hydrogens (tertiary/aromatic N) is 3. The van der Waals surface area contributed by atoms with Gasteiger partial charge in [0.25, 0.3) is 11.5 Å². The SMILES string of the molecule is O=C(NCc1nn(Cc2cccnc2)c(=O)c2ccccc12)c1c[nH]c2ccccc12. The number of hydrogen-bond acceptors (Lipinski definition) is 4. The fraction of sp³-hybridized carbons (Fsp3) is 0.0833. The van der Waals surface area contributed by atoms with E-state index in [0.29, 0.717) is 23.2 Å². The van der Waals surface area contributed by atoms with Crippen molar-refractivity contribution in [3.8, 4) is 0 Å². The molecule has 0 saturated carbocycles. The van der Waals surface area contributed by atoms with Gasteiger partial charge in [0.15, 0.2) is 0 Å². The molecule has 152 valence electrons. The first-order valence-electron chi connectivity index (χ1n) is 9.92. The lowest BCUT2D eigenvalue weighted by atomic mass is 10.1. The number of pyridine rings is 1. The second kappa shape index (κ2) is 7.87. The van der Waals surface area contributed by atoms with Crippen molar-refractivity contribution in [1.29, 1.82) is 0 Å². The predicted molar refractivity (Wildman–Crippen MR) is 119 cm³/mol. The third kappa shape index (κ3) is 3.57. The van der Waals surface area contributed by atoms with E-state index >= 15 is 0 Å². The Bertz CT molecular complexity index is 1450. The van der Waals surface area contributed by atoms with Gasteiger partial charge in [-0.3, -0.25) is 14.6 Å². The Morgan fingerprint density at radius 1 is 0.968 bits per heavy atom. The molecule has 0 unspecified atom stereocenters. The summed E-state index contributed by atoms with van der Waals surface area (Å²) in [6.07, 6.45) is 5.10. The molecule has 0 spiro atoms. The van der Waals surface area contributed by atoms with Crippen molar-refractivity contribution in [2.75, 3.05) is 0 Å². The summed E-state index contributed by atoms with van der Waals surface area (Å²) < 4.78 is 1.42. The Kier molecular flexibility index (Phi) is 4.76. The normalized spacial score (nSPS) is 11.1. The van der Waals surface area contributed by atoms with Crippen molar-refractivity contribution >= 4 is 27.6 Å². The van der Waals surface area contributed by atoms with Crippen LogP contribution in [0.15, 0.2) is 84.0 Å². The summed E-state index contributed by atoms with van der Waals surface area (Å²) in [7, 11) is 0. The molecular weight excluding hydrogens is 390 g/mol. The number of nitrogens with one attached hydrogen (secondary N) is 2. The highest BCUT2D eigenvalue weighted by atomic mass is 16.1. The van der Waals surface area contributed by atoms with Crippen molar-refractivity contribution in [3.05, 3.63) is 106 Å². The fourth-order valence-electron chi connectivity index (χ4n) is 3.73. The summed E-state index contributed by atoms with van der Waals surface area (Å²) in [4.78, 5) is 33.0. The van der Waals surface area contributed by atoms with Crippen LogP contribution in [0.3, 0.4) is 0 Å². The Labute approximate surface area is 177 Å². The van der Waals surface area contributed by atoms with E-state index in [1.807, 2.05) is 54.6 Å². The minimum atomic E-state index is -0.201. The van der Waals surface area contributed by atoms with Crippen molar-refractivity contribution in [3.63, 3.8) is 0 Å². The van der Waals surface area contributed by atoms with E-state index in [4.69, 9.17) is 0 Å². The van der Waals surface area contributed by atoms with Gasteiger partial charge in [0.05, 0.1) is 29.7 Å². The van der Waals surface area contributed by atoms with Gasteiger partial charge < -0.3 is 10.3 Å². The molecule has 0 aliphatic rings. The fourth-order valence-corrected chi connectivity index (χ4v) is 3.73. The van der Waals surface area contributed by atoms with Gasteiger partial charge >= 0.3 is 0 Å². The maximum atomic E-state index is 12.9. The number of aromatic amines is 1. The van der Waals surface area contributed by atoms with Crippen LogP contribution in [-0.4, -0.2) is 25.7 Å². The van der Waals surface area contributed by atoms with Crippen LogP contribution < -0.4 is 10.9 Å². The Morgan fingerprint density at radius 2 is 1.74 bits per heavy atom. The molecule has 1 amide bonds. The van der Waals surface area contributed by atoms with E-state index in [1.54, 1.807) is 24.7 Å². The van der Waals surface area contributed by atoms with Crippen molar-refractivity contribution in [2.45, 2.75) is 13.1 Å². The van der Waals surface area contributed by atoms with Crippen LogP contribution >= 0.6 is 0 Å². The lowest BCUT2D eigenvalue weighted by Gasteiger charge is -2.12. The standard InChI is InChI=1S/C24H19N5O2/c30-23(20-13-26-21-10-4-3-8-18(20)21)27-14-22-17-7-1-2-9-19(17)24(31)29(28-22)15-16-6-5-11-25-12-16/h1-13,26H,14-15H2,(H,27,30). The summed E-state index contributed by atoms with van der Waals surface area (Å²) in [5.41, 5.74) is 2.81. The molecule has 3 aromatic heterocycles. The zero-order chi connectivity index (χ0) is 21.2. The quantitative estimate of drug-likeness (QED) is 0.466. The van der Waals surface area contributed by atoms with E-state index in [9.17, 15) is 9.59 Å². The number of amides is 1. The van der Waals surface area contributed by atoms with Gasteiger partial charge in [-0.25, -0.2) is 4.68 Å². The van der Waals surface area contributed by atoms with Gasteiger partial charge in [-0.2, -0.15) is 5.10 Å². The molecular formula is C24H19N5O2. The first-order valence-corrected chi connectivity index (χ1v) is 9.92. The summed E-state index contributed by atoms with van der Waals surface area (Å²) in [6, 6.07) is 18.7. The third-order valence-electron chi connectivity index (χ3n) is 5.25. The van der Waals surface area contributed by atoms with E-state index < -0.39 is 0 Å². The molecule has 0 aliphatic heterocycles. The molecule has 0 saturated heterocycles. The van der Waals surface area contributed by atoms with Gasteiger partial charge in [0.2, 0.25) is 0 Å². The van der Waals surface area contributed by atoms with Crippen molar-refractivity contribution < 1.29 is 4.79 Å². The van der Waals surface area contributed by atoms with E-state index in [1.165, 1.54) is 4.68 Å². The molecule has 5 aromatic rings. The molecule has 0 fully saturated rings. The number of benzene rings is 2. The average molecular weight is 409 g/mol. The minimum absolute atomic E-state index is 0.175. The zero-order valence-corrected chi connectivity index (χ0v) is 16.6. The summed E-state index contributed by atoms with van der Waals surface area (Å²) in [5.74, 6) is -0.201. The molecule has 0 aliphatic carbocycles. The number of H-pyrrole nitrogens is 1. The average Bonchev–Trinajstić information content (AvgIpc) is 3.25. The number of aromatic nitrogens is 4. The highest BCUT2D eigenvalue weighted by Gasteiger charge is 2.15. The first kappa shape index (κ1) is 18.7. The van der Waals surface area contributed by atoms with Crippen LogP contribution in [0.4, 0.5) is 0 Å². The van der Waals surface area contributed by atoms with Crippen LogP contribution in [-0.2, 0) is 13.1 Å². The van der Waals surface area contributed by atoms with Gasteiger partial charge in [-0.1, -0.05) is 42.5 Å². The molecule has 2 N–H and O–H groups in total. The first-order chi connectivity index (χ1) is 15.2. The lowest BCUT2D eigenvalue weighted by Crippen LogP contribution is -2.29. The number of carbonyl (C=O) groups is 1. The van der Waals surface area contributed by atoms with E-state index in [2.05, 4.69) is 20.4 Å². The monoisotopic (exact) mass is 409 g/mol. The molecule has 31 heavy (non-hydrogen) atoms. The maximum absolute atomic E-state index is 12.9. The highest BCUT2D eigenvalue weighted by molar-refractivity contribution is 6.06. The van der Waals surface area contributed by atoms with E-state index in [0.717, 1.165) is 21.9 Å². The van der Waals surface area contributed by atoms with Gasteiger partial charge in [-0.05, 0) is 23.8 Å². The zero-order valence-electron chi connectivity index (χ0n) is 16.6. The summed E-state index contributed by atoms with van der Waals surface area (Å²) in [6.45, 7) is 0.507. The van der Waals surface area contributed by atoms with Crippen LogP contribution in [0.5, 0.6) is 0 Å². The highest BCUT2D eigenvalue weighted by Crippen LogP contribution is 2.18. The third-order valence-corrected chi connectivity index (χ3v) is 5.25. The number of carbonyl (C=O) groups excluding carboxylic acids is 1. The predicted octanol–water partition coefficient (Wildman–Crippen LogP) is 3.25. The Balaban J connectivity index is 1.48. The summed E-state index contributed by atoms with van der Waals surface area (Å²) >= 11 is 0.